The molecule has 2 aromatic rings. The summed E-state index contributed by atoms with van der Waals surface area (Å²) in [5.41, 5.74) is 8.98. The molecule has 0 radical (unpaired) electrons. The van der Waals surface area contributed by atoms with Crippen molar-refractivity contribution in [2.24, 2.45) is 9.98 Å². The fraction of sp³-hybridized carbons (Fsp3) is 0.333. The highest BCUT2D eigenvalue weighted by molar-refractivity contribution is 6.42. The molecule has 120 valence electrons. The maximum atomic E-state index is 4.83. The van der Waals surface area contributed by atoms with Crippen LogP contribution in [-0.2, 0) is 0 Å². The fourth-order valence-electron chi connectivity index (χ4n) is 2.86. The molecule has 0 amide bonds. The van der Waals surface area contributed by atoms with Crippen molar-refractivity contribution in [2.45, 2.75) is 48.0 Å². The van der Waals surface area contributed by atoms with Crippen LogP contribution < -0.4 is 0 Å². The van der Waals surface area contributed by atoms with E-state index in [0.29, 0.717) is 0 Å². The summed E-state index contributed by atoms with van der Waals surface area (Å²) in [4.78, 5) is 9.60. The average molecular weight is 306 g/mol. The van der Waals surface area contributed by atoms with Crippen molar-refractivity contribution in [3.05, 3.63) is 58.7 Å². The molecule has 0 aliphatic rings. The molecule has 0 N–H and O–H groups in total. The summed E-state index contributed by atoms with van der Waals surface area (Å²) in [6, 6.07) is 12.8. The predicted molar refractivity (Wildman–Crippen MR) is 102 cm³/mol. The summed E-state index contributed by atoms with van der Waals surface area (Å²) in [6.07, 6.45) is 0.868. The maximum Gasteiger partial charge on any atom is 0.0639 e. The van der Waals surface area contributed by atoms with E-state index in [4.69, 9.17) is 9.98 Å². The molecule has 0 bridgehead atoms. The van der Waals surface area contributed by atoms with E-state index in [2.05, 4.69) is 71.0 Å². The fourth-order valence-corrected chi connectivity index (χ4v) is 2.86. The molecule has 23 heavy (non-hydrogen) atoms. The van der Waals surface area contributed by atoms with Crippen molar-refractivity contribution < 1.29 is 0 Å². The van der Waals surface area contributed by atoms with Crippen molar-refractivity contribution in [2.75, 3.05) is 0 Å². The summed E-state index contributed by atoms with van der Waals surface area (Å²) in [6.45, 7) is 12.6. The second kappa shape index (κ2) is 7.36. The third kappa shape index (κ3) is 4.88. The number of hydrogen-bond donors (Lipinski definition) is 0. The first-order chi connectivity index (χ1) is 10.9. The Morgan fingerprint density at radius 2 is 1.09 bits per heavy atom. The van der Waals surface area contributed by atoms with E-state index in [1.807, 2.05) is 6.92 Å². The summed E-state index contributed by atoms with van der Waals surface area (Å²) in [7, 11) is 0. The number of hydrogen-bond acceptors (Lipinski definition) is 2. The number of aliphatic imine (C=N–C) groups is 2. The van der Waals surface area contributed by atoms with E-state index >= 15 is 0 Å². The summed E-state index contributed by atoms with van der Waals surface area (Å²) >= 11 is 0. The van der Waals surface area contributed by atoms with Crippen LogP contribution in [0.25, 0.3) is 0 Å². The molecule has 0 atom stereocenters. The van der Waals surface area contributed by atoms with E-state index in [1.165, 1.54) is 22.3 Å². The predicted octanol–water partition coefficient (Wildman–Crippen LogP) is 6.20. The van der Waals surface area contributed by atoms with Gasteiger partial charge in [0.15, 0.2) is 0 Å². The van der Waals surface area contributed by atoms with Gasteiger partial charge in [-0.25, -0.2) is 0 Å². The zero-order valence-corrected chi connectivity index (χ0v) is 15.1. The van der Waals surface area contributed by atoms with Gasteiger partial charge < -0.3 is 0 Å². The van der Waals surface area contributed by atoms with Crippen LogP contribution in [0.4, 0.5) is 11.4 Å². The number of aryl methyl sites for hydroxylation is 4. The van der Waals surface area contributed by atoms with Crippen LogP contribution in [0.3, 0.4) is 0 Å². The minimum atomic E-state index is 0.868. The second-order valence-corrected chi connectivity index (χ2v) is 6.30. The number of rotatable bonds is 4. The van der Waals surface area contributed by atoms with Crippen molar-refractivity contribution >= 4 is 22.8 Å². The second-order valence-electron chi connectivity index (χ2n) is 6.30. The first-order valence-electron chi connectivity index (χ1n) is 8.17. The Bertz CT molecular complexity index is 727. The highest BCUT2D eigenvalue weighted by Crippen LogP contribution is 2.20. The minimum Gasteiger partial charge on any atom is -0.252 e. The Kier molecular flexibility index (Phi) is 5.49. The molecule has 0 aliphatic heterocycles. The molecule has 2 nitrogen and oxygen atoms in total. The van der Waals surface area contributed by atoms with E-state index in [9.17, 15) is 0 Å². The third-order valence-electron chi connectivity index (χ3n) is 3.73. The Balaban J connectivity index is 2.38. The van der Waals surface area contributed by atoms with Gasteiger partial charge in [-0.1, -0.05) is 19.1 Å². The van der Waals surface area contributed by atoms with Crippen LogP contribution >= 0.6 is 0 Å². The summed E-state index contributed by atoms with van der Waals surface area (Å²) in [5, 5.41) is 0. The van der Waals surface area contributed by atoms with E-state index < -0.39 is 0 Å². The molecule has 0 aromatic heterocycles. The first kappa shape index (κ1) is 17.1. The smallest absolute Gasteiger partial charge is 0.0639 e. The van der Waals surface area contributed by atoms with E-state index in [-0.39, 0.29) is 0 Å². The molecular formula is C21H26N2. The monoisotopic (exact) mass is 306 g/mol. The van der Waals surface area contributed by atoms with Crippen LogP contribution in [0.15, 0.2) is 46.4 Å². The van der Waals surface area contributed by atoms with Gasteiger partial charge in [0, 0.05) is 0 Å². The Morgan fingerprint density at radius 3 is 1.48 bits per heavy atom. The van der Waals surface area contributed by atoms with E-state index in [1.54, 1.807) is 0 Å². The van der Waals surface area contributed by atoms with Gasteiger partial charge in [0.05, 0.1) is 22.8 Å². The van der Waals surface area contributed by atoms with Gasteiger partial charge in [-0.15, -0.1) is 0 Å². The zero-order chi connectivity index (χ0) is 17.0. The Labute approximate surface area is 140 Å². The minimum absolute atomic E-state index is 0.868. The third-order valence-corrected chi connectivity index (χ3v) is 3.73. The van der Waals surface area contributed by atoms with Crippen molar-refractivity contribution in [3.8, 4) is 0 Å². The molecule has 0 heterocycles. The molecule has 2 aromatic carbocycles. The lowest BCUT2D eigenvalue weighted by molar-refractivity contribution is 1.27. The van der Waals surface area contributed by atoms with E-state index in [0.717, 1.165) is 29.2 Å². The summed E-state index contributed by atoms with van der Waals surface area (Å²) in [5.74, 6) is 0. The summed E-state index contributed by atoms with van der Waals surface area (Å²) < 4.78 is 0. The number of benzene rings is 2. The van der Waals surface area contributed by atoms with Crippen molar-refractivity contribution in [1.29, 1.82) is 0 Å². The largest absolute Gasteiger partial charge is 0.252 e. The SMILES string of the molecule is CCC(=Nc1cc(C)cc(C)c1)C(C)=Nc1cc(C)cc(C)c1. The molecular weight excluding hydrogens is 280 g/mol. The maximum absolute atomic E-state index is 4.83. The zero-order valence-electron chi connectivity index (χ0n) is 15.1. The van der Waals surface area contributed by atoms with Gasteiger partial charge in [0.2, 0.25) is 0 Å². The van der Waals surface area contributed by atoms with Gasteiger partial charge in [-0.05, 0) is 87.6 Å². The van der Waals surface area contributed by atoms with Crippen molar-refractivity contribution in [3.63, 3.8) is 0 Å². The highest BCUT2D eigenvalue weighted by atomic mass is 14.8. The quantitative estimate of drug-likeness (QED) is 0.601. The number of nitrogens with zero attached hydrogens (tertiary/aromatic N) is 2. The van der Waals surface area contributed by atoms with Crippen LogP contribution in [0.1, 0.15) is 42.5 Å². The molecule has 2 heteroatoms. The lowest BCUT2D eigenvalue weighted by Crippen LogP contribution is -2.08. The van der Waals surface area contributed by atoms with Crippen LogP contribution in [0, 0.1) is 27.7 Å². The lowest BCUT2D eigenvalue weighted by atomic mass is 10.1. The normalized spacial score (nSPS) is 12.6. The average Bonchev–Trinajstić information content (AvgIpc) is 2.42. The molecule has 2 rings (SSSR count). The first-order valence-corrected chi connectivity index (χ1v) is 8.17. The Morgan fingerprint density at radius 1 is 0.696 bits per heavy atom. The van der Waals surface area contributed by atoms with Gasteiger partial charge in [0.1, 0.15) is 0 Å². The molecule has 0 spiro atoms. The standard InChI is InChI=1S/C21H26N2/c1-7-21(23-20-12-16(4)9-17(5)13-20)18(6)22-19-10-14(2)8-15(3)11-19/h8-13H,7H2,1-6H3. The van der Waals surface area contributed by atoms with Crippen LogP contribution in [0.5, 0.6) is 0 Å². The molecule has 0 fully saturated rings. The van der Waals surface area contributed by atoms with Crippen molar-refractivity contribution in [1.82, 2.24) is 0 Å². The molecule has 0 saturated heterocycles. The van der Waals surface area contributed by atoms with Gasteiger partial charge in [-0.3, -0.25) is 9.98 Å². The molecule has 0 unspecified atom stereocenters. The topological polar surface area (TPSA) is 24.7 Å². The lowest BCUT2D eigenvalue weighted by Gasteiger charge is -2.07. The molecule has 0 aliphatic carbocycles. The van der Waals surface area contributed by atoms with Crippen LogP contribution in [0.2, 0.25) is 0 Å². The highest BCUT2D eigenvalue weighted by Gasteiger charge is 2.04. The van der Waals surface area contributed by atoms with Gasteiger partial charge >= 0.3 is 0 Å². The molecule has 0 saturated carbocycles. The van der Waals surface area contributed by atoms with Gasteiger partial charge in [0.25, 0.3) is 0 Å². The van der Waals surface area contributed by atoms with Crippen LogP contribution in [-0.4, -0.2) is 11.4 Å². The Hall–Kier alpha value is -2.22. The van der Waals surface area contributed by atoms with Gasteiger partial charge in [-0.2, -0.15) is 0 Å².